The van der Waals surface area contributed by atoms with Crippen LogP contribution in [0.3, 0.4) is 0 Å². The lowest BCUT2D eigenvalue weighted by Crippen LogP contribution is -2.15. The molecule has 2 aromatic heterocycles. The zero-order valence-electron chi connectivity index (χ0n) is 16.6. The van der Waals surface area contributed by atoms with E-state index in [-0.39, 0.29) is 33.7 Å². The average molecular weight is 490 g/mol. The Labute approximate surface area is 187 Å². The van der Waals surface area contributed by atoms with Gasteiger partial charge in [0.1, 0.15) is 10.7 Å². The quantitative estimate of drug-likeness (QED) is 0.302. The van der Waals surface area contributed by atoms with Gasteiger partial charge in [0.05, 0.1) is 10.7 Å². The van der Waals surface area contributed by atoms with Gasteiger partial charge in [0, 0.05) is 25.3 Å². The molecule has 170 valence electrons. The van der Waals surface area contributed by atoms with E-state index in [0.29, 0.717) is 11.7 Å². The first kappa shape index (κ1) is 23.5. The first-order valence-corrected chi connectivity index (χ1v) is 10.3. The molecule has 1 N–H and O–H groups in total. The molecule has 0 unspecified atom stereocenters. The Bertz CT molecular complexity index is 1180. The third-order valence-electron chi connectivity index (χ3n) is 4.19. The van der Waals surface area contributed by atoms with Crippen molar-refractivity contribution < 1.29 is 22.9 Å². The van der Waals surface area contributed by atoms with Crippen molar-refractivity contribution in [2.75, 3.05) is 11.1 Å². The van der Waals surface area contributed by atoms with Crippen LogP contribution in [-0.4, -0.2) is 41.1 Å². The first-order valence-electron chi connectivity index (χ1n) is 8.92. The van der Waals surface area contributed by atoms with Crippen LogP contribution in [0.15, 0.2) is 29.4 Å². The van der Waals surface area contributed by atoms with Gasteiger partial charge in [0.2, 0.25) is 5.91 Å². The van der Waals surface area contributed by atoms with Crippen molar-refractivity contribution in [1.82, 2.24) is 24.5 Å². The maximum atomic E-state index is 13.0. The van der Waals surface area contributed by atoms with Gasteiger partial charge < -0.3 is 9.88 Å². The van der Waals surface area contributed by atoms with Crippen LogP contribution in [-0.2, 0) is 24.6 Å². The van der Waals surface area contributed by atoms with E-state index >= 15 is 0 Å². The standard InChI is InChI=1S/C17H15ClF3N7O3S/c1-3-27-15(12-7-13(17(19,20)21)25-26(12)2)23-24-16(27)32-8-14(29)22-9-4-5-10(18)11(6-9)28(30)31/h4-7H,3,8H2,1-2H3,(H,22,29). The molecule has 2 heterocycles. The third-order valence-corrected chi connectivity index (χ3v) is 5.48. The predicted octanol–water partition coefficient (Wildman–Crippen LogP) is 4.01. The Morgan fingerprint density at radius 2 is 2.03 bits per heavy atom. The van der Waals surface area contributed by atoms with Crippen molar-refractivity contribution in [2.24, 2.45) is 7.05 Å². The van der Waals surface area contributed by atoms with Gasteiger partial charge in [0.15, 0.2) is 16.7 Å². The van der Waals surface area contributed by atoms with Gasteiger partial charge in [-0.3, -0.25) is 19.6 Å². The molecule has 1 amide bonds. The van der Waals surface area contributed by atoms with E-state index in [1.165, 1.54) is 19.2 Å². The Morgan fingerprint density at radius 3 is 2.62 bits per heavy atom. The van der Waals surface area contributed by atoms with Crippen LogP contribution in [0, 0.1) is 10.1 Å². The Hall–Kier alpha value is -3.13. The zero-order chi connectivity index (χ0) is 23.6. The molecule has 0 aliphatic rings. The molecule has 0 aliphatic carbocycles. The van der Waals surface area contributed by atoms with Crippen molar-refractivity contribution in [3.05, 3.63) is 45.1 Å². The fraction of sp³-hybridized carbons (Fsp3) is 0.294. The first-order chi connectivity index (χ1) is 15.0. The largest absolute Gasteiger partial charge is 0.435 e. The van der Waals surface area contributed by atoms with Crippen LogP contribution in [0.1, 0.15) is 12.6 Å². The van der Waals surface area contributed by atoms with E-state index in [2.05, 4.69) is 20.6 Å². The van der Waals surface area contributed by atoms with Gasteiger partial charge in [0.25, 0.3) is 5.69 Å². The monoisotopic (exact) mass is 489 g/mol. The van der Waals surface area contributed by atoms with Crippen LogP contribution in [0.25, 0.3) is 11.5 Å². The molecule has 15 heteroatoms. The lowest BCUT2D eigenvalue weighted by Gasteiger charge is -2.08. The minimum atomic E-state index is -4.60. The lowest BCUT2D eigenvalue weighted by molar-refractivity contribution is -0.384. The summed E-state index contributed by atoms with van der Waals surface area (Å²) in [6.07, 6.45) is -4.60. The van der Waals surface area contributed by atoms with Crippen molar-refractivity contribution in [2.45, 2.75) is 24.8 Å². The number of halogens is 4. The molecule has 0 saturated heterocycles. The van der Waals surface area contributed by atoms with Crippen LogP contribution in [0.5, 0.6) is 0 Å². The highest BCUT2D eigenvalue weighted by Crippen LogP contribution is 2.32. The molecule has 3 aromatic rings. The molecule has 0 saturated carbocycles. The van der Waals surface area contributed by atoms with Crippen LogP contribution >= 0.6 is 23.4 Å². The molecular formula is C17H15ClF3N7O3S. The van der Waals surface area contributed by atoms with Crippen LogP contribution in [0.4, 0.5) is 24.5 Å². The molecule has 0 radical (unpaired) electrons. The SMILES string of the molecule is CCn1c(SCC(=O)Nc2ccc(Cl)c([N+](=O)[O-])c2)nnc1-c1cc(C(F)(F)F)nn1C. The van der Waals surface area contributed by atoms with Crippen molar-refractivity contribution in [1.29, 1.82) is 0 Å². The zero-order valence-corrected chi connectivity index (χ0v) is 18.1. The van der Waals surface area contributed by atoms with Gasteiger partial charge in [-0.05, 0) is 25.1 Å². The molecular weight excluding hydrogens is 475 g/mol. The van der Waals surface area contributed by atoms with E-state index in [0.717, 1.165) is 28.6 Å². The van der Waals surface area contributed by atoms with Gasteiger partial charge in [-0.1, -0.05) is 23.4 Å². The molecule has 0 aliphatic heterocycles. The van der Waals surface area contributed by atoms with Gasteiger partial charge in [-0.25, -0.2) is 0 Å². The summed E-state index contributed by atoms with van der Waals surface area (Å²) in [4.78, 5) is 22.6. The number of amides is 1. The second-order valence-corrected chi connectivity index (χ2v) is 7.70. The van der Waals surface area contributed by atoms with Crippen molar-refractivity contribution in [3.8, 4) is 11.5 Å². The number of hydrogen-bond donors (Lipinski definition) is 1. The summed E-state index contributed by atoms with van der Waals surface area (Å²) in [6.45, 7) is 2.09. The van der Waals surface area contributed by atoms with E-state index in [1.807, 2.05) is 0 Å². The number of nitro groups is 1. The minimum Gasteiger partial charge on any atom is -0.325 e. The molecule has 0 atom stereocenters. The molecule has 10 nitrogen and oxygen atoms in total. The van der Waals surface area contributed by atoms with Gasteiger partial charge in [-0.15, -0.1) is 10.2 Å². The number of nitrogens with one attached hydrogen (secondary N) is 1. The summed E-state index contributed by atoms with van der Waals surface area (Å²) < 4.78 is 41.5. The summed E-state index contributed by atoms with van der Waals surface area (Å²) in [7, 11) is 1.37. The highest BCUT2D eigenvalue weighted by atomic mass is 35.5. The second-order valence-electron chi connectivity index (χ2n) is 6.35. The molecule has 32 heavy (non-hydrogen) atoms. The van der Waals surface area contributed by atoms with Crippen molar-refractivity contribution in [3.63, 3.8) is 0 Å². The smallest absolute Gasteiger partial charge is 0.325 e. The highest BCUT2D eigenvalue weighted by Gasteiger charge is 2.35. The maximum absolute atomic E-state index is 13.0. The number of aryl methyl sites for hydroxylation is 1. The predicted molar refractivity (Wildman–Crippen MR) is 110 cm³/mol. The van der Waals surface area contributed by atoms with E-state index in [1.54, 1.807) is 11.5 Å². The highest BCUT2D eigenvalue weighted by molar-refractivity contribution is 7.99. The molecule has 0 fully saturated rings. The fourth-order valence-corrected chi connectivity index (χ4v) is 3.73. The number of alkyl halides is 3. The van der Waals surface area contributed by atoms with Gasteiger partial charge >= 0.3 is 6.18 Å². The van der Waals surface area contributed by atoms with E-state index in [4.69, 9.17) is 11.6 Å². The fourth-order valence-electron chi connectivity index (χ4n) is 2.74. The normalized spacial score (nSPS) is 11.6. The number of rotatable bonds is 7. The van der Waals surface area contributed by atoms with E-state index < -0.39 is 22.7 Å². The average Bonchev–Trinajstić information content (AvgIpc) is 3.30. The Kier molecular flexibility index (Phi) is 6.74. The second kappa shape index (κ2) is 9.16. The summed E-state index contributed by atoms with van der Waals surface area (Å²) in [6, 6.07) is 4.74. The Morgan fingerprint density at radius 1 is 1.31 bits per heavy atom. The van der Waals surface area contributed by atoms with Crippen LogP contribution < -0.4 is 5.32 Å². The third kappa shape index (κ3) is 5.02. The molecule has 0 spiro atoms. The number of benzene rings is 1. The summed E-state index contributed by atoms with van der Waals surface area (Å²) in [5.74, 6) is -0.416. The number of carbonyl (C=O) groups excluding carboxylic acids is 1. The van der Waals surface area contributed by atoms with Crippen molar-refractivity contribution >= 4 is 40.6 Å². The molecule has 1 aromatic carbocycles. The maximum Gasteiger partial charge on any atom is 0.435 e. The number of anilines is 1. The number of thioether (sulfide) groups is 1. The van der Waals surface area contributed by atoms with E-state index in [9.17, 15) is 28.1 Å². The molecule has 3 rings (SSSR count). The van der Waals surface area contributed by atoms with Crippen LogP contribution in [0.2, 0.25) is 5.02 Å². The van der Waals surface area contributed by atoms with Gasteiger partial charge in [-0.2, -0.15) is 18.3 Å². The molecule has 0 bridgehead atoms. The topological polar surface area (TPSA) is 121 Å². The number of carbonyl (C=O) groups is 1. The number of hydrogen-bond acceptors (Lipinski definition) is 7. The number of nitrogens with zero attached hydrogens (tertiary/aromatic N) is 6. The number of nitro benzene ring substituents is 1. The number of aromatic nitrogens is 5. The lowest BCUT2D eigenvalue weighted by atomic mass is 10.3. The minimum absolute atomic E-state index is 0.0604. The Balaban J connectivity index is 1.74. The summed E-state index contributed by atoms with van der Waals surface area (Å²) in [5, 5.41) is 25.1. The summed E-state index contributed by atoms with van der Waals surface area (Å²) in [5.41, 5.74) is -1.08. The summed E-state index contributed by atoms with van der Waals surface area (Å²) >= 11 is 6.76.